The Kier molecular flexibility index (Phi) is 64.3. The van der Waals surface area contributed by atoms with E-state index in [0.717, 1.165) is 33.4 Å². The third kappa shape index (κ3) is 61.9. The van der Waals surface area contributed by atoms with Gasteiger partial charge in [-0.3, -0.25) is 44.9 Å². The van der Waals surface area contributed by atoms with Crippen molar-refractivity contribution in [3.05, 3.63) is 454 Å². The molecule has 0 unspecified atom stereocenters. The summed E-state index contributed by atoms with van der Waals surface area (Å²) in [6, 6.07) is 94.5. The minimum absolute atomic E-state index is 0. The predicted molar refractivity (Wildman–Crippen MR) is 486 cm³/mol. The van der Waals surface area contributed by atoms with Crippen LogP contribution in [0.4, 0.5) is 0 Å². The molecule has 0 fully saturated rings. The molecule has 0 aliphatic carbocycles. The zero-order chi connectivity index (χ0) is 89.1. The van der Waals surface area contributed by atoms with Crippen molar-refractivity contribution < 1.29 is 81.8 Å². The van der Waals surface area contributed by atoms with Gasteiger partial charge in [0.05, 0.1) is 0 Å². The van der Waals surface area contributed by atoms with Gasteiger partial charge in [0.2, 0.25) is 0 Å². The van der Waals surface area contributed by atoms with Crippen molar-refractivity contribution in [1.82, 2.24) is 44.9 Å². The van der Waals surface area contributed by atoms with Gasteiger partial charge in [-0.2, -0.15) is 0 Å². The molecule has 9 heterocycles. The summed E-state index contributed by atoms with van der Waals surface area (Å²) in [6.07, 6.45) is 31.5. The molecule has 6 aromatic carbocycles. The summed E-state index contributed by atoms with van der Waals surface area (Å²) in [5.74, 6) is 0.833. The standard InChI is InChI=1S/6C10H14O.9C5H5N.3Fe/c6*1-10(2,3)8-6-4-5-7-9(8)11;9*1-2-4-6-5-3-1;;;/h6*4-7,11H,1-3H3;9*1-5H;;;/q;;;;;;;;;;;;;;;3*+2/p-6. The van der Waals surface area contributed by atoms with Crippen molar-refractivity contribution in [3.63, 3.8) is 0 Å². The van der Waals surface area contributed by atoms with E-state index in [-0.39, 0.29) is 118 Å². The summed E-state index contributed by atoms with van der Waals surface area (Å²) in [5, 5.41) is 67.6. The second-order valence-corrected chi connectivity index (χ2v) is 31.7. The van der Waals surface area contributed by atoms with E-state index in [1.807, 2.05) is 361 Å². The fourth-order valence-corrected chi connectivity index (χ4v) is 9.33. The summed E-state index contributed by atoms with van der Waals surface area (Å²) in [5.41, 5.74) is 5.16. The molecule has 0 spiro atoms. The van der Waals surface area contributed by atoms with Crippen LogP contribution in [-0.4, -0.2) is 44.9 Å². The molecule has 648 valence electrons. The molecule has 15 aromatic rings. The minimum atomic E-state index is -0.0294. The van der Waals surface area contributed by atoms with Gasteiger partial charge in [-0.05, 0) is 142 Å². The number of nitrogens with zero attached hydrogens (tertiary/aromatic N) is 9. The van der Waals surface area contributed by atoms with Crippen LogP contribution in [0.2, 0.25) is 0 Å². The summed E-state index contributed by atoms with van der Waals surface area (Å²) in [7, 11) is 0. The van der Waals surface area contributed by atoms with Crippen LogP contribution >= 0.6 is 0 Å². The van der Waals surface area contributed by atoms with Crippen molar-refractivity contribution in [3.8, 4) is 34.5 Å². The summed E-state index contributed by atoms with van der Waals surface area (Å²) in [6.45, 7) is 36.8. The van der Waals surface area contributed by atoms with E-state index in [1.165, 1.54) is 0 Å². The van der Waals surface area contributed by atoms with E-state index in [4.69, 9.17) is 0 Å². The van der Waals surface area contributed by atoms with Gasteiger partial charge in [-0.25, -0.2) is 0 Å². The smallest absolute Gasteiger partial charge is 0.872 e. The molecule has 9 aromatic heterocycles. The fourth-order valence-electron chi connectivity index (χ4n) is 9.33. The van der Waals surface area contributed by atoms with Crippen LogP contribution in [-0.2, 0) is 83.7 Å². The van der Waals surface area contributed by atoms with Crippen molar-refractivity contribution in [2.24, 2.45) is 0 Å². The molecule has 0 radical (unpaired) electrons. The first-order valence-corrected chi connectivity index (χ1v) is 39.3. The van der Waals surface area contributed by atoms with Crippen LogP contribution in [0.3, 0.4) is 0 Å². The minimum Gasteiger partial charge on any atom is -0.872 e. The van der Waals surface area contributed by atoms with Crippen molar-refractivity contribution in [2.45, 2.75) is 157 Å². The average molecular weight is 1770 g/mol. The first-order valence-electron chi connectivity index (χ1n) is 39.3. The molecule has 0 saturated carbocycles. The van der Waals surface area contributed by atoms with Gasteiger partial charge in [0.25, 0.3) is 0 Å². The summed E-state index contributed by atoms with van der Waals surface area (Å²) in [4.78, 5) is 34.1. The van der Waals surface area contributed by atoms with Gasteiger partial charge < -0.3 is 30.6 Å². The van der Waals surface area contributed by atoms with E-state index in [2.05, 4.69) is 44.9 Å². The Morgan fingerprint density at radius 2 is 0.211 bits per heavy atom. The van der Waals surface area contributed by atoms with Crippen molar-refractivity contribution >= 4 is 0 Å². The maximum Gasteiger partial charge on any atom is 2.00 e. The van der Waals surface area contributed by atoms with E-state index < -0.39 is 0 Å². The third-order valence-corrected chi connectivity index (χ3v) is 15.3. The largest absolute Gasteiger partial charge is 2.00 e. The average Bonchev–Trinajstić information content (AvgIpc) is 0.883. The number of hydrogen-bond donors (Lipinski definition) is 0. The first kappa shape index (κ1) is 115. The molecule has 123 heavy (non-hydrogen) atoms. The topological polar surface area (TPSA) is 254 Å². The zero-order valence-electron chi connectivity index (χ0n) is 74.4. The van der Waals surface area contributed by atoms with Crippen LogP contribution in [0.15, 0.2) is 421 Å². The Hall–Kier alpha value is -12.0. The molecular formula is C105H123Fe3N9O6. The van der Waals surface area contributed by atoms with Gasteiger partial charge in [0.1, 0.15) is 0 Å². The predicted octanol–water partition coefficient (Wildman–Crippen LogP) is 22.1. The molecule has 0 bridgehead atoms. The number of para-hydroxylation sites is 6. The van der Waals surface area contributed by atoms with Crippen LogP contribution in [0.1, 0.15) is 158 Å². The molecule has 0 atom stereocenters. The molecule has 0 amide bonds. The maximum atomic E-state index is 11.3. The number of pyridine rings is 9. The number of hydrogen-bond acceptors (Lipinski definition) is 15. The van der Waals surface area contributed by atoms with Gasteiger partial charge in [-0.1, -0.05) is 358 Å². The Morgan fingerprint density at radius 3 is 0.252 bits per heavy atom. The fraction of sp³-hybridized carbons (Fsp3) is 0.229. The van der Waals surface area contributed by atoms with Crippen LogP contribution < -0.4 is 30.6 Å². The molecule has 15 nitrogen and oxygen atoms in total. The third-order valence-electron chi connectivity index (χ3n) is 15.3. The molecule has 0 aliphatic rings. The molecule has 18 heteroatoms. The van der Waals surface area contributed by atoms with Gasteiger partial charge in [0, 0.05) is 112 Å². The van der Waals surface area contributed by atoms with Crippen molar-refractivity contribution in [2.75, 3.05) is 0 Å². The number of benzene rings is 6. The van der Waals surface area contributed by atoms with Gasteiger partial charge >= 0.3 is 51.2 Å². The molecule has 15 rings (SSSR count). The zero-order valence-corrected chi connectivity index (χ0v) is 77.7. The monoisotopic (exact) mass is 1770 g/mol. The normalized spacial score (nSPS) is 9.71. The Bertz CT molecular complexity index is 3680. The molecule has 0 saturated heterocycles. The second kappa shape index (κ2) is 68.7. The molecular weight excluding hydrogens is 1650 g/mol. The maximum absolute atomic E-state index is 11.3. The first-order chi connectivity index (χ1) is 57.1. The molecule has 0 aliphatic heterocycles. The van der Waals surface area contributed by atoms with Crippen molar-refractivity contribution in [1.29, 1.82) is 0 Å². The Morgan fingerprint density at radius 1 is 0.130 bits per heavy atom. The quantitative estimate of drug-likeness (QED) is 0.128. The van der Waals surface area contributed by atoms with Gasteiger partial charge in [0.15, 0.2) is 0 Å². The van der Waals surface area contributed by atoms with Crippen LogP contribution in [0.25, 0.3) is 0 Å². The van der Waals surface area contributed by atoms with E-state index in [9.17, 15) is 30.6 Å². The SMILES string of the molecule is CC(C)(C)c1ccccc1[O-].CC(C)(C)c1ccccc1[O-].CC(C)(C)c1ccccc1[O-].CC(C)(C)c1ccccc1[O-].CC(C)(C)c1ccccc1[O-].CC(C)(C)c1ccccc1[O-].[Fe+2].[Fe+2].[Fe+2].c1ccncc1.c1ccncc1.c1ccncc1.c1ccncc1.c1ccncc1.c1ccncc1.c1ccncc1.c1ccncc1.c1ccncc1. The number of aromatic nitrogens is 9. The van der Waals surface area contributed by atoms with E-state index in [0.29, 0.717) is 0 Å². The Balaban J connectivity index is -0.00000126. The van der Waals surface area contributed by atoms with E-state index in [1.54, 1.807) is 184 Å². The second-order valence-electron chi connectivity index (χ2n) is 31.7. The van der Waals surface area contributed by atoms with Gasteiger partial charge in [-0.15, -0.1) is 34.5 Å². The summed E-state index contributed by atoms with van der Waals surface area (Å²) >= 11 is 0. The number of rotatable bonds is 0. The Labute approximate surface area is 767 Å². The van der Waals surface area contributed by atoms with E-state index >= 15 is 0 Å². The molecule has 0 N–H and O–H groups in total. The van der Waals surface area contributed by atoms with Crippen LogP contribution in [0, 0.1) is 0 Å². The summed E-state index contributed by atoms with van der Waals surface area (Å²) < 4.78 is 0. The van der Waals surface area contributed by atoms with Crippen LogP contribution in [0.5, 0.6) is 34.5 Å².